The highest BCUT2D eigenvalue weighted by atomic mass is 16.7. The van der Waals surface area contributed by atoms with Crippen molar-refractivity contribution in [2.45, 2.75) is 142 Å². The molecule has 0 aromatic heterocycles. The van der Waals surface area contributed by atoms with E-state index >= 15 is 0 Å². The smallest absolute Gasteiger partial charge is 0.309 e. The molecule has 0 radical (unpaired) electrons. The van der Waals surface area contributed by atoms with Gasteiger partial charge in [-0.15, -0.1) is 0 Å². The first-order valence-electron chi connectivity index (χ1n) is 14.1. The average molecular weight is 451 g/mol. The Labute approximate surface area is 197 Å². The predicted octanol–water partition coefficient (Wildman–Crippen LogP) is 7.43. The first-order valence-corrected chi connectivity index (χ1v) is 14.1. The van der Waals surface area contributed by atoms with E-state index in [4.69, 9.17) is 14.2 Å². The lowest BCUT2D eigenvalue weighted by atomic mass is 9.81. The van der Waals surface area contributed by atoms with Gasteiger partial charge in [0.15, 0.2) is 6.29 Å². The first-order chi connectivity index (χ1) is 15.6. The maximum absolute atomic E-state index is 12.7. The fourth-order valence-electron chi connectivity index (χ4n) is 6.13. The number of unbranched alkanes of at least 4 members (excludes halogenated alkanes) is 4. The number of hydrogen-bond acceptors (Lipinski definition) is 4. The van der Waals surface area contributed by atoms with Gasteiger partial charge in [0.2, 0.25) is 0 Å². The standard InChI is InChI=1S/C28H50O4/c1-4-6-7-8-9-11-25-20-30-28(31-21(25)3)24-16-14-23(15-17-24)27(29)32-26-18-12-22(10-5-2)13-19-26/h21-26,28H,4-20H2,1-3H3/t21-,22?,23?,24?,25?,26?,28-/m0/s1. The Morgan fingerprint density at radius 1 is 0.844 bits per heavy atom. The molecule has 0 bridgehead atoms. The molecule has 1 aliphatic heterocycles. The van der Waals surface area contributed by atoms with E-state index < -0.39 is 0 Å². The zero-order valence-corrected chi connectivity index (χ0v) is 21.2. The number of esters is 1. The van der Waals surface area contributed by atoms with Crippen LogP contribution < -0.4 is 0 Å². The molecular weight excluding hydrogens is 400 g/mol. The summed E-state index contributed by atoms with van der Waals surface area (Å²) in [6.07, 6.45) is 19.3. The van der Waals surface area contributed by atoms with E-state index in [9.17, 15) is 4.79 Å². The SMILES string of the molecule is CCCCCCCC1CO[C@H](C2CCC(C(=O)OC3CCC(CCC)CC3)CC2)O[C@H]1C. The van der Waals surface area contributed by atoms with Crippen molar-refractivity contribution < 1.29 is 19.0 Å². The zero-order chi connectivity index (χ0) is 22.8. The van der Waals surface area contributed by atoms with Gasteiger partial charge in [-0.2, -0.15) is 0 Å². The molecule has 3 atom stereocenters. The molecule has 0 aromatic carbocycles. The van der Waals surface area contributed by atoms with E-state index in [1.165, 1.54) is 64.2 Å². The first kappa shape index (κ1) is 26.0. The Balaban J connectivity index is 1.31. The predicted molar refractivity (Wildman–Crippen MR) is 129 cm³/mol. The molecule has 32 heavy (non-hydrogen) atoms. The van der Waals surface area contributed by atoms with Crippen LogP contribution in [0.1, 0.15) is 124 Å². The third-order valence-corrected chi connectivity index (χ3v) is 8.43. The zero-order valence-electron chi connectivity index (χ0n) is 21.2. The molecule has 1 unspecified atom stereocenters. The van der Waals surface area contributed by atoms with Crippen molar-refractivity contribution in [1.82, 2.24) is 0 Å². The fraction of sp³-hybridized carbons (Fsp3) is 0.964. The monoisotopic (exact) mass is 450 g/mol. The van der Waals surface area contributed by atoms with Gasteiger partial charge in [-0.3, -0.25) is 4.79 Å². The van der Waals surface area contributed by atoms with Crippen LogP contribution in [-0.2, 0) is 19.0 Å². The van der Waals surface area contributed by atoms with E-state index in [0.717, 1.165) is 51.0 Å². The molecule has 0 N–H and O–H groups in total. The molecule has 2 saturated carbocycles. The summed E-state index contributed by atoms with van der Waals surface area (Å²) in [4.78, 5) is 12.7. The van der Waals surface area contributed by atoms with Crippen LogP contribution in [0.3, 0.4) is 0 Å². The van der Waals surface area contributed by atoms with Crippen LogP contribution in [0.5, 0.6) is 0 Å². The van der Waals surface area contributed by atoms with Crippen LogP contribution in [0.25, 0.3) is 0 Å². The van der Waals surface area contributed by atoms with Gasteiger partial charge in [0.1, 0.15) is 6.10 Å². The molecule has 4 heteroatoms. The Morgan fingerprint density at radius 3 is 2.22 bits per heavy atom. The normalized spacial score (nSPS) is 36.0. The van der Waals surface area contributed by atoms with Gasteiger partial charge in [-0.05, 0) is 70.6 Å². The van der Waals surface area contributed by atoms with Gasteiger partial charge < -0.3 is 14.2 Å². The van der Waals surface area contributed by atoms with Crippen molar-refractivity contribution in [3.63, 3.8) is 0 Å². The van der Waals surface area contributed by atoms with Gasteiger partial charge in [0.05, 0.1) is 18.6 Å². The van der Waals surface area contributed by atoms with Crippen LogP contribution >= 0.6 is 0 Å². The molecule has 186 valence electrons. The lowest BCUT2D eigenvalue weighted by Gasteiger charge is -2.40. The van der Waals surface area contributed by atoms with Crippen molar-refractivity contribution in [1.29, 1.82) is 0 Å². The second-order valence-corrected chi connectivity index (χ2v) is 11.0. The summed E-state index contributed by atoms with van der Waals surface area (Å²) < 4.78 is 18.4. The van der Waals surface area contributed by atoms with E-state index in [1.54, 1.807) is 0 Å². The fourth-order valence-corrected chi connectivity index (χ4v) is 6.13. The average Bonchev–Trinajstić information content (AvgIpc) is 2.81. The minimum absolute atomic E-state index is 0.0596. The van der Waals surface area contributed by atoms with Gasteiger partial charge in [-0.25, -0.2) is 0 Å². The quantitative estimate of drug-likeness (QED) is 0.242. The Hall–Kier alpha value is -0.610. The summed E-state index contributed by atoms with van der Waals surface area (Å²) in [5, 5.41) is 0. The number of carbonyl (C=O) groups is 1. The molecule has 3 fully saturated rings. The molecule has 0 aromatic rings. The molecular formula is C28H50O4. The van der Waals surface area contributed by atoms with Gasteiger partial charge in [-0.1, -0.05) is 58.8 Å². The summed E-state index contributed by atoms with van der Waals surface area (Å²) in [5.41, 5.74) is 0. The molecule has 1 saturated heterocycles. The molecule has 1 heterocycles. The third-order valence-electron chi connectivity index (χ3n) is 8.43. The number of hydrogen-bond donors (Lipinski definition) is 0. The maximum Gasteiger partial charge on any atom is 0.309 e. The van der Waals surface area contributed by atoms with Crippen molar-refractivity contribution in [3.05, 3.63) is 0 Å². The Bertz CT molecular complexity index is 520. The highest BCUT2D eigenvalue weighted by Crippen LogP contribution is 2.37. The van der Waals surface area contributed by atoms with E-state index in [0.29, 0.717) is 11.8 Å². The van der Waals surface area contributed by atoms with E-state index in [1.807, 2.05) is 0 Å². The summed E-state index contributed by atoms with van der Waals surface area (Å²) in [6.45, 7) is 7.59. The van der Waals surface area contributed by atoms with Crippen molar-refractivity contribution in [2.24, 2.45) is 23.7 Å². The van der Waals surface area contributed by atoms with E-state index in [-0.39, 0.29) is 30.4 Å². The molecule has 3 aliphatic rings. The molecule has 0 spiro atoms. The molecule has 2 aliphatic carbocycles. The van der Waals surface area contributed by atoms with Crippen molar-refractivity contribution in [2.75, 3.05) is 6.61 Å². The minimum Gasteiger partial charge on any atom is -0.462 e. The molecule has 3 rings (SSSR count). The third kappa shape index (κ3) is 8.01. The van der Waals surface area contributed by atoms with Crippen molar-refractivity contribution in [3.8, 4) is 0 Å². The largest absolute Gasteiger partial charge is 0.462 e. The van der Waals surface area contributed by atoms with Gasteiger partial charge in [0.25, 0.3) is 0 Å². The summed E-state index contributed by atoms with van der Waals surface area (Å²) in [7, 11) is 0. The summed E-state index contributed by atoms with van der Waals surface area (Å²) >= 11 is 0. The van der Waals surface area contributed by atoms with Crippen LogP contribution in [0, 0.1) is 23.7 Å². The highest BCUT2D eigenvalue weighted by molar-refractivity contribution is 5.72. The summed E-state index contributed by atoms with van der Waals surface area (Å²) in [6, 6.07) is 0. The van der Waals surface area contributed by atoms with Gasteiger partial charge in [0, 0.05) is 11.8 Å². The number of rotatable bonds is 11. The maximum atomic E-state index is 12.7. The highest BCUT2D eigenvalue weighted by Gasteiger charge is 2.37. The lowest BCUT2D eigenvalue weighted by molar-refractivity contribution is -0.257. The second kappa shape index (κ2) is 13.9. The second-order valence-electron chi connectivity index (χ2n) is 11.0. The van der Waals surface area contributed by atoms with Crippen molar-refractivity contribution >= 4 is 5.97 Å². The van der Waals surface area contributed by atoms with Crippen LogP contribution in [-0.4, -0.2) is 31.1 Å². The van der Waals surface area contributed by atoms with Crippen LogP contribution in [0.15, 0.2) is 0 Å². The molecule has 4 nitrogen and oxygen atoms in total. The lowest BCUT2D eigenvalue weighted by Crippen LogP contribution is -2.43. The van der Waals surface area contributed by atoms with Crippen LogP contribution in [0.4, 0.5) is 0 Å². The van der Waals surface area contributed by atoms with Gasteiger partial charge >= 0.3 is 5.97 Å². The van der Waals surface area contributed by atoms with Crippen LogP contribution in [0.2, 0.25) is 0 Å². The number of carbonyl (C=O) groups excluding carboxylic acids is 1. The Morgan fingerprint density at radius 2 is 1.56 bits per heavy atom. The number of ether oxygens (including phenoxy) is 3. The molecule has 0 amide bonds. The Kier molecular flexibility index (Phi) is 11.3. The summed E-state index contributed by atoms with van der Waals surface area (Å²) in [5.74, 6) is 1.95. The topological polar surface area (TPSA) is 44.8 Å². The van der Waals surface area contributed by atoms with E-state index in [2.05, 4.69) is 20.8 Å². The minimum atomic E-state index is -0.0767.